The SMILES string of the molecule is CCC1CC1NC(=O)CN1CCNCC1. The van der Waals surface area contributed by atoms with E-state index in [1.165, 1.54) is 12.8 Å². The lowest BCUT2D eigenvalue weighted by molar-refractivity contribution is -0.122. The molecule has 1 saturated heterocycles. The Morgan fingerprint density at radius 3 is 2.80 bits per heavy atom. The van der Waals surface area contributed by atoms with Crippen molar-refractivity contribution >= 4 is 5.91 Å². The molecular formula is C11H21N3O. The zero-order valence-electron chi connectivity index (χ0n) is 9.46. The molecule has 4 heteroatoms. The lowest BCUT2D eigenvalue weighted by Gasteiger charge is -2.26. The average molecular weight is 211 g/mol. The molecule has 0 aromatic heterocycles. The summed E-state index contributed by atoms with van der Waals surface area (Å²) in [6, 6.07) is 0.477. The van der Waals surface area contributed by atoms with Gasteiger partial charge in [0.05, 0.1) is 6.54 Å². The lowest BCUT2D eigenvalue weighted by atomic mass is 10.3. The average Bonchev–Trinajstić information content (AvgIpc) is 2.97. The number of nitrogens with zero attached hydrogens (tertiary/aromatic N) is 1. The van der Waals surface area contributed by atoms with Gasteiger partial charge in [0.25, 0.3) is 0 Å². The fourth-order valence-corrected chi connectivity index (χ4v) is 2.20. The van der Waals surface area contributed by atoms with E-state index in [4.69, 9.17) is 0 Å². The number of piperazine rings is 1. The quantitative estimate of drug-likeness (QED) is 0.677. The minimum atomic E-state index is 0.206. The number of nitrogens with one attached hydrogen (secondary N) is 2. The van der Waals surface area contributed by atoms with Gasteiger partial charge in [0.1, 0.15) is 0 Å². The Balaban J connectivity index is 1.64. The third kappa shape index (κ3) is 3.18. The molecule has 4 nitrogen and oxygen atoms in total. The van der Waals surface area contributed by atoms with Gasteiger partial charge < -0.3 is 10.6 Å². The molecule has 0 radical (unpaired) electrons. The smallest absolute Gasteiger partial charge is 0.234 e. The van der Waals surface area contributed by atoms with Crippen LogP contribution in [0.3, 0.4) is 0 Å². The van der Waals surface area contributed by atoms with Gasteiger partial charge in [-0.25, -0.2) is 0 Å². The van der Waals surface area contributed by atoms with Crippen molar-refractivity contribution in [1.29, 1.82) is 0 Å². The lowest BCUT2D eigenvalue weighted by Crippen LogP contribution is -2.47. The molecule has 1 saturated carbocycles. The van der Waals surface area contributed by atoms with E-state index in [9.17, 15) is 4.79 Å². The molecule has 86 valence electrons. The monoisotopic (exact) mass is 211 g/mol. The molecule has 1 heterocycles. The Kier molecular flexibility index (Phi) is 3.59. The van der Waals surface area contributed by atoms with Crippen LogP contribution in [0.1, 0.15) is 19.8 Å². The number of rotatable bonds is 4. The fourth-order valence-electron chi connectivity index (χ4n) is 2.20. The number of carbonyl (C=O) groups is 1. The summed E-state index contributed by atoms with van der Waals surface area (Å²) >= 11 is 0. The molecule has 0 spiro atoms. The molecule has 2 unspecified atom stereocenters. The highest BCUT2D eigenvalue weighted by Gasteiger charge is 2.36. The molecule has 1 amide bonds. The van der Waals surface area contributed by atoms with Gasteiger partial charge in [0, 0.05) is 32.2 Å². The van der Waals surface area contributed by atoms with Gasteiger partial charge in [-0.2, -0.15) is 0 Å². The van der Waals surface area contributed by atoms with E-state index in [-0.39, 0.29) is 5.91 Å². The first-order valence-corrected chi connectivity index (χ1v) is 6.02. The van der Waals surface area contributed by atoms with Crippen LogP contribution in [0.5, 0.6) is 0 Å². The van der Waals surface area contributed by atoms with Gasteiger partial charge in [-0.1, -0.05) is 13.3 Å². The highest BCUT2D eigenvalue weighted by atomic mass is 16.2. The maximum atomic E-state index is 11.6. The fraction of sp³-hybridized carbons (Fsp3) is 0.909. The number of hydrogen-bond acceptors (Lipinski definition) is 3. The van der Waals surface area contributed by atoms with Gasteiger partial charge in [-0.05, 0) is 12.3 Å². The molecular weight excluding hydrogens is 190 g/mol. The molecule has 1 aliphatic carbocycles. The van der Waals surface area contributed by atoms with Gasteiger partial charge in [-0.3, -0.25) is 9.69 Å². The summed E-state index contributed by atoms with van der Waals surface area (Å²) < 4.78 is 0. The van der Waals surface area contributed by atoms with Crippen molar-refractivity contribution in [3.8, 4) is 0 Å². The summed E-state index contributed by atoms with van der Waals surface area (Å²) in [5.41, 5.74) is 0. The summed E-state index contributed by atoms with van der Waals surface area (Å²) in [4.78, 5) is 13.9. The second-order valence-corrected chi connectivity index (χ2v) is 4.60. The van der Waals surface area contributed by atoms with Crippen LogP contribution in [0.25, 0.3) is 0 Å². The summed E-state index contributed by atoms with van der Waals surface area (Å²) in [5, 5.41) is 6.39. The van der Waals surface area contributed by atoms with Crippen LogP contribution in [-0.4, -0.2) is 49.6 Å². The Morgan fingerprint density at radius 1 is 1.47 bits per heavy atom. The van der Waals surface area contributed by atoms with Crippen LogP contribution in [0.4, 0.5) is 0 Å². The molecule has 2 N–H and O–H groups in total. The first-order chi connectivity index (χ1) is 7.29. The zero-order chi connectivity index (χ0) is 10.7. The van der Waals surface area contributed by atoms with E-state index in [0.29, 0.717) is 12.6 Å². The first-order valence-electron chi connectivity index (χ1n) is 6.02. The summed E-state index contributed by atoms with van der Waals surface area (Å²) in [6.45, 7) is 6.77. The normalized spacial score (nSPS) is 31.3. The zero-order valence-corrected chi connectivity index (χ0v) is 9.46. The second-order valence-electron chi connectivity index (χ2n) is 4.60. The highest BCUT2D eigenvalue weighted by Crippen LogP contribution is 2.32. The Labute approximate surface area is 91.4 Å². The van der Waals surface area contributed by atoms with Crippen LogP contribution < -0.4 is 10.6 Å². The van der Waals surface area contributed by atoms with Crippen molar-refractivity contribution in [3.63, 3.8) is 0 Å². The summed E-state index contributed by atoms with van der Waals surface area (Å²) in [5.74, 6) is 0.954. The van der Waals surface area contributed by atoms with Crippen LogP contribution in [0, 0.1) is 5.92 Å². The van der Waals surface area contributed by atoms with Gasteiger partial charge in [0.2, 0.25) is 5.91 Å². The van der Waals surface area contributed by atoms with Crippen molar-refractivity contribution in [1.82, 2.24) is 15.5 Å². The summed E-state index contributed by atoms with van der Waals surface area (Å²) in [7, 11) is 0. The minimum Gasteiger partial charge on any atom is -0.352 e. The van der Waals surface area contributed by atoms with Crippen molar-refractivity contribution in [3.05, 3.63) is 0 Å². The third-order valence-corrected chi connectivity index (χ3v) is 3.37. The van der Waals surface area contributed by atoms with Crippen LogP contribution in [0.15, 0.2) is 0 Å². The molecule has 2 aliphatic rings. The highest BCUT2D eigenvalue weighted by molar-refractivity contribution is 5.78. The van der Waals surface area contributed by atoms with E-state index in [2.05, 4.69) is 22.5 Å². The maximum absolute atomic E-state index is 11.6. The van der Waals surface area contributed by atoms with Crippen LogP contribution in [0.2, 0.25) is 0 Å². The predicted octanol–water partition coefficient (Wildman–Crippen LogP) is -0.194. The molecule has 2 atom stereocenters. The van der Waals surface area contributed by atoms with Crippen molar-refractivity contribution in [2.75, 3.05) is 32.7 Å². The van der Waals surface area contributed by atoms with Crippen molar-refractivity contribution < 1.29 is 4.79 Å². The number of carbonyl (C=O) groups excluding carboxylic acids is 1. The maximum Gasteiger partial charge on any atom is 0.234 e. The van der Waals surface area contributed by atoms with Crippen LogP contribution in [-0.2, 0) is 4.79 Å². The van der Waals surface area contributed by atoms with Crippen LogP contribution >= 0.6 is 0 Å². The molecule has 2 fully saturated rings. The third-order valence-electron chi connectivity index (χ3n) is 3.37. The Hall–Kier alpha value is -0.610. The molecule has 1 aliphatic heterocycles. The Morgan fingerprint density at radius 2 is 2.20 bits per heavy atom. The molecule has 0 aromatic rings. The number of amides is 1. The Bertz CT molecular complexity index is 226. The van der Waals surface area contributed by atoms with Gasteiger partial charge in [0.15, 0.2) is 0 Å². The van der Waals surface area contributed by atoms with Gasteiger partial charge in [-0.15, -0.1) is 0 Å². The van der Waals surface area contributed by atoms with E-state index in [1.54, 1.807) is 0 Å². The van der Waals surface area contributed by atoms with E-state index in [0.717, 1.165) is 32.1 Å². The molecule has 15 heavy (non-hydrogen) atoms. The minimum absolute atomic E-state index is 0.206. The van der Waals surface area contributed by atoms with E-state index in [1.807, 2.05) is 0 Å². The second kappa shape index (κ2) is 4.94. The molecule has 0 bridgehead atoms. The van der Waals surface area contributed by atoms with Crippen molar-refractivity contribution in [2.24, 2.45) is 5.92 Å². The number of hydrogen-bond donors (Lipinski definition) is 2. The van der Waals surface area contributed by atoms with E-state index < -0.39 is 0 Å². The van der Waals surface area contributed by atoms with Gasteiger partial charge >= 0.3 is 0 Å². The first kappa shape index (κ1) is 10.9. The predicted molar refractivity (Wildman–Crippen MR) is 59.6 cm³/mol. The van der Waals surface area contributed by atoms with E-state index >= 15 is 0 Å². The molecule has 0 aromatic carbocycles. The van der Waals surface area contributed by atoms with Crippen molar-refractivity contribution in [2.45, 2.75) is 25.8 Å². The topological polar surface area (TPSA) is 44.4 Å². The molecule has 2 rings (SSSR count). The largest absolute Gasteiger partial charge is 0.352 e. The standard InChI is InChI=1S/C11H21N3O/c1-2-9-7-10(9)13-11(15)8-14-5-3-12-4-6-14/h9-10,12H,2-8H2,1H3,(H,13,15). The summed E-state index contributed by atoms with van der Waals surface area (Å²) in [6.07, 6.45) is 2.38.